The van der Waals surface area contributed by atoms with E-state index in [0.717, 1.165) is 22.6 Å². The van der Waals surface area contributed by atoms with E-state index in [1.165, 1.54) is 0 Å². The van der Waals surface area contributed by atoms with E-state index >= 15 is 0 Å². The lowest BCUT2D eigenvalue weighted by Gasteiger charge is -2.22. The van der Waals surface area contributed by atoms with Gasteiger partial charge >= 0.3 is 0 Å². The quantitative estimate of drug-likeness (QED) is 0.614. The van der Waals surface area contributed by atoms with Crippen LogP contribution in [-0.4, -0.2) is 38.2 Å². The van der Waals surface area contributed by atoms with Crippen LogP contribution in [0.25, 0.3) is 0 Å². The average Bonchev–Trinajstić information content (AvgIpc) is 3.31. The molecular weight excluding hydrogens is 372 g/mol. The summed E-state index contributed by atoms with van der Waals surface area (Å²) in [7, 11) is 0. The van der Waals surface area contributed by atoms with Crippen LogP contribution in [0.4, 0.5) is 0 Å². The Morgan fingerprint density at radius 3 is 2.57 bits per heavy atom. The van der Waals surface area contributed by atoms with Gasteiger partial charge < -0.3 is 9.64 Å². The Hall–Kier alpha value is -2.80. The van der Waals surface area contributed by atoms with Crippen LogP contribution in [0.15, 0.2) is 60.8 Å². The van der Waals surface area contributed by atoms with E-state index in [1.54, 1.807) is 11.8 Å². The van der Waals surface area contributed by atoms with Gasteiger partial charge in [0.05, 0.1) is 25.1 Å². The Labute approximate surface area is 168 Å². The second-order valence-electron chi connectivity index (χ2n) is 6.59. The van der Waals surface area contributed by atoms with Gasteiger partial charge in [-0.15, -0.1) is 16.9 Å². The minimum absolute atomic E-state index is 0.0956. The zero-order valence-electron chi connectivity index (χ0n) is 15.7. The molecule has 1 fully saturated rings. The Morgan fingerprint density at radius 2 is 1.82 bits per heavy atom. The summed E-state index contributed by atoms with van der Waals surface area (Å²) in [5, 5.41) is 8.51. The molecule has 6 nitrogen and oxygen atoms in total. The lowest BCUT2D eigenvalue weighted by Crippen LogP contribution is -2.27. The number of hydrogen-bond donors (Lipinski definition) is 0. The van der Waals surface area contributed by atoms with Crippen LogP contribution in [0.3, 0.4) is 0 Å². The number of amides is 1. The maximum atomic E-state index is 12.4. The number of benzene rings is 2. The van der Waals surface area contributed by atoms with E-state index in [1.807, 2.05) is 77.3 Å². The molecule has 3 aromatic rings. The number of carbonyl (C=O) groups is 1. The molecule has 2 aromatic carbocycles. The topological polar surface area (TPSA) is 60.2 Å². The van der Waals surface area contributed by atoms with E-state index in [9.17, 15) is 4.79 Å². The molecule has 4 rings (SSSR count). The van der Waals surface area contributed by atoms with Crippen molar-refractivity contribution in [2.24, 2.45) is 0 Å². The predicted octanol–water partition coefficient (Wildman–Crippen LogP) is 3.50. The highest BCUT2D eigenvalue weighted by molar-refractivity contribution is 8.00. The predicted molar refractivity (Wildman–Crippen MR) is 109 cm³/mol. The van der Waals surface area contributed by atoms with Crippen molar-refractivity contribution < 1.29 is 9.53 Å². The van der Waals surface area contributed by atoms with Gasteiger partial charge in [0.25, 0.3) is 0 Å². The first-order valence-electron chi connectivity index (χ1n) is 9.29. The second-order valence-corrected chi connectivity index (χ2v) is 7.66. The van der Waals surface area contributed by atoms with Crippen LogP contribution >= 0.6 is 11.8 Å². The van der Waals surface area contributed by atoms with Crippen LogP contribution < -0.4 is 4.74 Å². The number of thioether (sulfide) groups is 1. The van der Waals surface area contributed by atoms with Crippen molar-refractivity contribution in [3.63, 3.8) is 0 Å². The molecule has 0 N–H and O–H groups in total. The summed E-state index contributed by atoms with van der Waals surface area (Å²) in [5.41, 5.74) is 3.05. The Morgan fingerprint density at radius 1 is 1.07 bits per heavy atom. The number of rotatable bonds is 7. The lowest BCUT2D eigenvalue weighted by atomic mass is 10.2. The molecule has 1 aliphatic heterocycles. The largest absolute Gasteiger partial charge is 0.494 e. The molecule has 144 valence electrons. The van der Waals surface area contributed by atoms with Crippen molar-refractivity contribution in [1.82, 2.24) is 19.9 Å². The highest BCUT2D eigenvalue weighted by atomic mass is 32.2. The van der Waals surface area contributed by atoms with Crippen LogP contribution in [-0.2, 0) is 17.9 Å². The van der Waals surface area contributed by atoms with Crippen molar-refractivity contribution in [2.45, 2.75) is 25.4 Å². The van der Waals surface area contributed by atoms with Crippen molar-refractivity contribution in [3.05, 3.63) is 77.6 Å². The van der Waals surface area contributed by atoms with Gasteiger partial charge in [0, 0.05) is 6.54 Å². The van der Waals surface area contributed by atoms with Crippen LogP contribution in [0, 0.1) is 0 Å². The van der Waals surface area contributed by atoms with Crippen LogP contribution in [0.2, 0.25) is 0 Å². The zero-order valence-corrected chi connectivity index (χ0v) is 16.5. The number of nitrogens with zero attached hydrogens (tertiary/aromatic N) is 4. The van der Waals surface area contributed by atoms with Crippen molar-refractivity contribution in [1.29, 1.82) is 0 Å². The zero-order chi connectivity index (χ0) is 19.3. The summed E-state index contributed by atoms with van der Waals surface area (Å²) >= 11 is 1.60. The Balaban J connectivity index is 1.46. The molecule has 0 radical (unpaired) electrons. The van der Waals surface area contributed by atoms with Gasteiger partial charge in [-0.1, -0.05) is 47.7 Å². The highest BCUT2D eigenvalue weighted by Crippen LogP contribution is 2.38. The van der Waals surface area contributed by atoms with Gasteiger partial charge in [-0.3, -0.25) is 4.79 Å². The van der Waals surface area contributed by atoms with Gasteiger partial charge in [0.15, 0.2) is 0 Å². The van der Waals surface area contributed by atoms with Crippen LogP contribution in [0.5, 0.6) is 5.75 Å². The fourth-order valence-electron chi connectivity index (χ4n) is 3.20. The molecule has 1 amide bonds. The molecule has 1 aliphatic rings. The minimum atomic E-state index is -0.0956. The summed E-state index contributed by atoms with van der Waals surface area (Å²) in [6, 6.07) is 18.0. The summed E-state index contributed by atoms with van der Waals surface area (Å²) in [4.78, 5) is 14.3. The molecule has 1 atom stereocenters. The molecular formula is C21H22N4O2S. The molecule has 0 saturated carbocycles. The van der Waals surface area contributed by atoms with E-state index in [2.05, 4.69) is 10.3 Å². The normalized spacial score (nSPS) is 16.5. The number of hydrogen-bond acceptors (Lipinski definition) is 5. The summed E-state index contributed by atoms with van der Waals surface area (Å²) < 4.78 is 7.29. The third kappa shape index (κ3) is 4.20. The molecule has 0 spiro atoms. The highest BCUT2D eigenvalue weighted by Gasteiger charge is 2.34. The summed E-state index contributed by atoms with van der Waals surface area (Å²) in [6.45, 7) is 3.84. The smallest absolute Gasteiger partial charge is 0.234 e. The maximum Gasteiger partial charge on any atom is 0.234 e. The van der Waals surface area contributed by atoms with E-state index < -0.39 is 0 Å². The molecule has 1 saturated heterocycles. The monoisotopic (exact) mass is 394 g/mol. The van der Waals surface area contributed by atoms with Gasteiger partial charge in [0.2, 0.25) is 5.91 Å². The van der Waals surface area contributed by atoms with Crippen molar-refractivity contribution in [2.75, 3.05) is 12.4 Å². The SMILES string of the molecule is CCOc1ccc(Cn2cc(C3SCC(=O)N3Cc3ccccc3)nn2)cc1. The van der Waals surface area contributed by atoms with E-state index in [4.69, 9.17) is 4.74 Å². The van der Waals surface area contributed by atoms with Gasteiger partial charge in [-0.2, -0.15) is 0 Å². The summed E-state index contributed by atoms with van der Waals surface area (Å²) in [5.74, 6) is 1.48. The minimum Gasteiger partial charge on any atom is -0.494 e. The van der Waals surface area contributed by atoms with Crippen LogP contribution in [0.1, 0.15) is 29.1 Å². The van der Waals surface area contributed by atoms with Crippen molar-refractivity contribution >= 4 is 17.7 Å². The Bertz CT molecular complexity index is 927. The summed E-state index contributed by atoms with van der Waals surface area (Å²) in [6.07, 6.45) is 1.94. The Kier molecular flexibility index (Phi) is 5.62. The van der Waals surface area contributed by atoms with Gasteiger partial charge in [0.1, 0.15) is 16.8 Å². The fourth-order valence-corrected chi connectivity index (χ4v) is 4.32. The molecule has 7 heteroatoms. The average molecular weight is 395 g/mol. The fraction of sp³-hybridized carbons (Fsp3) is 0.286. The van der Waals surface area contributed by atoms with E-state index in [-0.39, 0.29) is 11.3 Å². The first-order valence-corrected chi connectivity index (χ1v) is 10.3. The molecule has 1 aromatic heterocycles. The maximum absolute atomic E-state index is 12.4. The molecule has 28 heavy (non-hydrogen) atoms. The van der Waals surface area contributed by atoms with Gasteiger partial charge in [-0.05, 0) is 30.2 Å². The number of carbonyl (C=O) groups excluding carboxylic acids is 1. The third-order valence-electron chi connectivity index (χ3n) is 4.55. The second kappa shape index (κ2) is 8.48. The molecule has 0 aliphatic carbocycles. The third-order valence-corrected chi connectivity index (χ3v) is 5.78. The molecule has 1 unspecified atom stereocenters. The molecule has 2 heterocycles. The van der Waals surface area contributed by atoms with E-state index in [0.29, 0.717) is 25.4 Å². The lowest BCUT2D eigenvalue weighted by molar-refractivity contribution is -0.128. The van der Waals surface area contributed by atoms with Crippen molar-refractivity contribution in [3.8, 4) is 5.75 Å². The standard InChI is InChI=1S/C21H22N4O2S/c1-2-27-18-10-8-17(9-11-18)12-24-14-19(22-23-24)21-25(20(26)15-28-21)13-16-6-4-3-5-7-16/h3-11,14,21H,2,12-13,15H2,1H3. The first kappa shape index (κ1) is 18.6. The first-order chi connectivity index (χ1) is 13.7. The number of ether oxygens (including phenoxy) is 1. The molecule has 0 bridgehead atoms. The number of aromatic nitrogens is 3. The van der Waals surface area contributed by atoms with Gasteiger partial charge in [-0.25, -0.2) is 4.68 Å².